The number of rotatable bonds is 9. The molecule has 0 saturated carbocycles. The first kappa shape index (κ1) is 15.2. The molecule has 2 atom stereocenters. The molecule has 0 aromatic carbocycles. The predicted molar refractivity (Wildman–Crippen MR) is 77.5 cm³/mol. The fraction of sp³-hybridized carbons (Fsp3) is 0.769. The third-order valence-electron chi connectivity index (χ3n) is 3.11. The van der Waals surface area contributed by atoms with Crippen molar-refractivity contribution < 1.29 is 5.11 Å². The van der Waals surface area contributed by atoms with Crippen molar-refractivity contribution in [3.05, 3.63) is 12.7 Å². The van der Waals surface area contributed by atoms with Crippen LogP contribution in [-0.4, -0.2) is 33.9 Å². The molecule has 4 nitrogen and oxygen atoms in total. The monoisotopic (exact) mass is 269 g/mol. The Bertz CT molecular complexity index is 307. The average Bonchev–Trinajstić information content (AvgIpc) is 2.69. The van der Waals surface area contributed by atoms with Crippen LogP contribution in [0.4, 0.5) is 0 Å². The minimum atomic E-state index is -0.230. The van der Waals surface area contributed by atoms with Crippen LogP contribution < -0.4 is 0 Å². The Morgan fingerprint density at radius 2 is 2.28 bits per heavy atom. The van der Waals surface area contributed by atoms with E-state index in [0.29, 0.717) is 11.7 Å². The zero-order valence-electron chi connectivity index (χ0n) is 11.1. The van der Waals surface area contributed by atoms with E-state index in [-0.39, 0.29) is 12.3 Å². The normalized spacial score (nSPS) is 20.4. The van der Waals surface area contributed by atoms with Crippen LogP contribution in [0.5, 0.6) is 0 Å². The van der Waals surface area contributed by atoms with Gasteiger partial charge in [0.1, 0.15) is 6.17 Å². The van der Waals surface area contributed by atoms with E-state index in [1.165, 1.54) is 12.8 Å². The van der Waals surface area contributed by atoms with Gasteiger partial charge < -0.3 is 10.0 Å². The van der Waals surface area contributed by atoms with E-state index in [1.54, 1.807) is 6.08 Å². The lowest BCUT2D eigenvalue weighted by atomic mass is 10.1. The molecule has 0 aromatic rings. The van der Waals surface area contributed by atoms with Gasteiger partial charge in [-0.15, -0.1) is 11.7 Å². The third-order valence-corrected chi connectivity index (χ3v) is 3.42. The highest BCUT2D eigenvalue weighted by atomic mass is 32.1. The zero-order chi connectivity index (χ0) is 13.4. The number of unbranched alkanes of at least 4 members (excludes halogenated alkanes) is 2. The summed E-state index contributed by atoms with van der Waals surface area (Å²) < 4.78 is 0. The van der Waals surface area contributed by atoms with Gasteiger partial charge >= 0.3 is 0 Å². The van der Waals surface area contributed by atoms with Gasteiger partial charge in [-0.1, -0.05) is 32.3 Å². The highest BCUT2D eigenvalue weighted by Gasteiger charge is 2.25. The minimum absolute atomic E-state index is 0.0173. The largest absolute Gasteiger partial charge is 0.393 e. The maximum atomic E-state index is 9.87. The van der Waals surface area contributed by atoms with Crippen molar-refractivity contribution in [3.63, 3.8) is 0 Å². The average molecular weight is 269 g/mol. The van der Waals surface area contributed by atoms with Gasteiger partial charge in [0.15, 0.2) is 0 Å². The Labute approximate surface area is 115 Å². The van der Waals surface area contributed by atoms with E-state index in [2.05, 4.69) is 23.7 Å². The summed E-state index contributed by atoms with van der Waals surface area (Å²) >= 11 is 5.10. The zero-order valence-corrected chi connectivity index (χ0v) is 11.9. The lowest BCUT2D eigenvalue weighted by Crippen LogP contribution is -2.33. The van der Waals surface area contributed by atoms with Crippen LogP contribution in [0.15, 0.2) is 22.9 Å². The van der Waals surface area contributed by atoms with E-state index < -0.39 is 0 Å². The number of thiocarbonyl (C=S) groups is 1. The van der Waals surface area contributed by atoms with Gasteiger partial charge in [0.05, 0.1) is 6.10 Å². The van der Waals surface area contributed by atoms with Crippen LogP contribution in [0.2, 0.25) is 0 Å². The summed E-state index contributed by atoms with van der Waals surface area (Å²) in [6.07, 6.45) is 7.45. The lowest BCUT2D eigenvalue weighted by molar-refractivity contribution is 0.139. The topological polar surface area (TPSA) is 48.2 Å². The fourth-order valence-electron chi connectivity index (χ4n) is 2.03. The van der Waals surface area contributed by atoms with Gasteiger partial charge in [-0.3, -0.25) is 0 Å². The molecule has 0 saturated heterocycles. The van der Waals surface area contributed by atoms with Crippen molar-refractivity contribution in [2.75, 3.05) is 6.54 Å². The molecule has 0 spiro atoms. The fourth-order valence-corrected chi connectivity index (χ4v) is 2.27. The molecule has 0 radical (unpaired) electrons. The summed E-state index contributed by atoms with van der Waals surface area (Å²) in [6.45, 7) is 6.54. The van der Waals surface area contributed by atoms with Crippen LogP contribution in [0.3, 0.4) is 0 Å². The number of hydrogen-bond donors (Lipinski definition) is 1. The van der Waals surface area contributed by atoms with Crippen molar-refractivity contribution in [2.45, 2.75) is 57.7 Å². The first-order valence-corrected chi connectivity index (χ1v) is 7.10. The standard InChI is InChI=1S/C13H23N3OS/c1-3-5-6-7-11(17)8-9-12-14-15-13(18)16(12)10-4-2/h4,11-12,17H,2-3,5-10H2,1H3. The van der Waals surface area contributed by atoms with Crippen LogP contribution in [-0.2, 0) is 0 Å². The summed E-state index contributed by atoms with van der Waals surface area (Å²) in [5.41, 5.74) is 0. The molecule has 1 aliphatic heterocycles. The minimum Gasteiger partial charge on any atom is -0.393 e. The third kappa shape index (κ3) is 4.82. The molecular weight excluding hydrogens is 246 g/mol. The SMILES string of the molecule is C=CCN1C(=S)N=NC1CCC(O)CCCCC. The van der Waals surface area contributed by atoms with Gasteiger partial charge in [-0.05, 0) is 31.5 Å². The van der Waals surface area contributed by atoms with E-state index in [1.807, 2.05) is 4.90 Å². The molecule has 5 heteroatoms. The summed E-state index contributed by atoms with van der Waals surface area (Å²) in [6, 6.07) is 0. The summed E-state index contributed by atoms with van der Waals surface area (Å²) in [7, 11) is 0. The van der Waals surface area contributed by atoms with Gasteiger partial charge in [0.2, 0.25) is 5.11 Å². The van der Waals surface area contributed by atoms with Gasteiger partial charge in [-0.25, -0.2) is 0 Å². The Morgan fingerprint density at radius 1 is 1.50 bits per heavy atom. The smallest absolute Gasteiger partial charge is 0.218 e. The number of aliphatic hydroxyl groups excluding tert-OH is 1. The van der Waals surface area contributed by atoms with Gasteiger partial charge in [-0.2, -0.15) is 5.11 Å². The van der Waals surface area contributed by atoms with Gasteiger partial charge in [0, 0.05) is 6.54 Å². The second-order valence-electron chi connectivity index (χ2n) is 4.65. The highest BCUT2D eigenvalue weighted by molar-refractivity contribution is 7.80. The summed E-state index contributed by atoms with van der Waals surface area (Å²) in [5.74, 6) is 0. The second-order valence-corrected chi connectivity index (χ2v) is 5.01. The van der Waals surface area contributed by atoms with Crippen LogP contribution in [0, 0.1) is 0 Å². The van der Waals surface area contributed by atoms with Crippen molar-refractivity contribution >= 4 is 17.3 Å². The highest BCUT2D eigenvalue weighted by Crippen LogP contribution is 2.19. The lowest BCUT2D eigenvalue weighted by Gasteiger charge is -2.22. The molecule has 102 valence electrons. The van der Waals surface area contributed by atoms with Crippen molar-refractivity contribution in [3.8, 4) is 0 Å². The first-order valence-electron chi connectivity index (χ1n) is 6.69. The molecular formula is C13H23N3OS. The van der Waals surface area contributed by atoms with Crippen molar-refractivity contribution in [1.82, 2.24) is 4.90 Å². The molecule has 1 heterocycles. The summed E-state index contributed by atoms with van der Waals surface area (Å²) in [4.78, 5) is 1.95. The van der Waals surface area contributed by atoms with E-state index in [4.69, 9.17) is 12.2 Å². The number of nitrogens with zero attached hydrogens (tertiary/aromatic N) is 3. The molecule has 1 aliphatic rings. The quantitative estimate of drug-likeness (QED) is 0.397. The second kappa shape index (κ2) is 8.32. The van der Waals surface area contributed by atoms with Crippen molar-refractivity contribution in [1.29, 1.82) is 0 Å². The molecule has 0 amide bonds. The molecule has 0 aliphatic carbocycles. The van der Waals surface area contributed by atoms with Crippen LogP contribution in [0.25, 0.3) is 0 Å². The maximum absolute atomic E-state index is 9.87. The van der Waals surface area contributed by atoms with Crippen molar-refractivity contribution in [2.24, 2.45) is 10.2 Å². The maximum Gasteiger partial charge on any atom is 0.218 e. The molecule has 18 heavy (non-hydrogen) atoms. The van der Waals surface area contributed by atoms with E-state index >= 15 is 0 Å². The number of hydrogen-bond acceptors (Lipinski definition) is 3. The predicted octanol–water partition coefficient (Wildman–Crippen LogP) is 3.27. The van der Waals surface area contributed by atoms with E-state index in [0.717, 1.165) is 25.7 Å². The molecule has 1 N–H and O–H groups in total. The van der Waals surface area contributed by atoms with Crippen LogP contribution in [0.1, 0.15) is 45.4 Å². The first-order chi connectivity index (χ1) is 8.69. The Balaban J connectivity index is 2.27. The van der Waals surface area contributed by atoms with E-state index in [9.17, 15) is 5.11 Å². The summed E-state index contributed by atoms with van der Waals surface area (Å²) in [5, 5.41) is 18.5. The van der Waals surface area contributed by atoms with Crippen LogP contribution >= 0.6 is 12.2 Å². The molecule has 0 aromatic heterocycles. The Morgan fingerprint density at radius 3 is 2.94 bits per heavy atom. The molecule has 2 unspecified atom stereocenters. The Kier molecular flexibility index (Phi) is 7.05. The molecule has 0 fully saturated rings. The number of azo groups is 1. The molecule has 0 bridgehead atoms. The van der Waals surface area contributed by atoms with Gasteiger partial charge in [0.25, 0.3) is 0 Å². The molecule has 1 rings (SSSR count). The Hall–Kier alpha value is -0.810. The number of aliphatic hydroxyl groups is 1.